The molecule has 0 radical (unpaired) electrons. The van der Waals surface area contributed by atoms with Crippen LogP contribution in [0.15, 0.2) is 71.6 Å². The van der Waals surface area contributed by atoms with Crippen LogP contribution in [0, 0.1) is 6.92 Å². The average molecular weight is 516 g/mol. The summed E-state index contributed by atoms with van der Waals surface area (Å²) in [5.41, 5.74) is 1.26. The van der Waals surface area contributed by atoms with Crippen LogP contribution in [-0.2, 0) is 10.0 Å². The molecule has 0 N–H and O–H groups in total. The number of carbonyl (C=O) groups excluding carboxylic acids is 1. The van der Waals surface area contributed by atoms with Crippen LogP contribution in [0.3, 0.4) is 0 Å². The summed E-state index contributed by atoms with van der Waals surface area (Å²) in [5, 5.41) is 0. The lowest BCUT2D eigenvalue weighted by atomic mass is 10.0. The fourth-order valence-corrected chi connectivity index (χ4v) is 5.90. The maximum Gasteiger partial charge on any atom is 0.586 e. The number of hydrogen-bond acceptors (Lipinski definition) is 6. The molecule has 0 unspecified atom stereocenters. The van der Waals surface area contributed by atoms with Crippen molar-refractivity contribution < 1.29 is 31.5 Å². The largest absolute Gasteiger partial charge is 0.586 e. The highest BCUT2D eigenvalue weighted by Gasteiger charge is 2.44. The lowest BCUT2D eigenvalue weighted by molar-refractivity contribution is -0.286. The lowest BCUT2D eigenvalue weighted by Crippen LogP contribution is -2.49. The number of nitrogens with zero attached hydrogens (tertiary/aromatic N) is 3. The fraction of sp³-hybridized carbons (Fsp3) is 0.280. The number of aryl methyl sites for hydroxylation is 1. The standard InChI is InChI=1S/C25H23F2N3O5S/c1-17-6-5-9-23(28-17)30(24(31)18-7-3-2-4-8-18)19-12-14-29(15-13-19)36(32,33)20-10-11-21-22(16-20)35-25(26,27)34-21/h2-11,16,19H,12-15H2,1H3. The van der Waals surface area contributed by atoms with E-state index in [2.05, 4.69) is 14.5 Å². The Balaban J connectivity index is 1.37. The van der Waals surface area contributed by atoms with Gasteiger partial charge in [0.1, 0.15) is 5.82 Å². The van der Waals surface area contributed by atoms with E-state index in [-0.39, 0.29) is 41.4 Å². The van der Waals surface area contributed by atoms with E-state index in [0.717, 1.165) is 17.8 Å². The van der Waals surface area contributed by atoms with Crippen LogP contribution >= 0.6 is 0 Å². The molecule has 2 aliphatic rings. The van der Waals surface area contributed by atoms with Gasteiger partial charge in [-0.3, -0.25) is 9.69 Å². The van der Waals surface area contributed by atoms with Crippen LogP contribution in [0.25, 0.3) is 0 Å². The molecule has 1 fully saturated rings. The number of halogens is 2. The van der Waals surface area contributed by atoms with Crippen molar-refractivity contribution in [3.8, 4) is 11.5 Å². The molecule has 0 atom stereocenters. The second-order valence-electron chi connectivity index (χ2n) is 8.59. The molecule has 1 saturated heterocycles. The summed E-state index contributed by atoms with van der Waals surface area (Å²) >= 11 is 0. The van der Waals surface area contributed by atoms with Crippen molar-refractivity contribution in [2.75, 3.05) is 18.0 Å². The topological polar surface area (TPSA) is 89.0 Å². The number of pyridine rings is 1. The number of anilines is 1. The Kier molecular flexibility index (Phi) is 6.13. The molecule has 5 rings (SSSR count). The monoisotopic (exact) mass is 515 g/mol. The van der Waals surface area contributed by atoms with Crippen LogP contribution in [0.2, 0.25) is 0 Å². The van der Waals surface area contributed by atoms with Gasteiger partial charge in [-0.15, -0.1) is 8.78 Å². The van der Waals surface area contributed by atoms with Gasteiger partial charge in [-0.05, 0) is 56.2 Å². The van der Waals surface area contributed by atoms with Gasteiger partial charge in [0.05, 0.1) is 4.90 Å². The molecule has 36 heavy (non-hydrogen) atoms. The van der Waals surface area contributed by atoms with Crippen molar-refractivity contribution in [3.05, 3.63) is 78.0 Å². The Morgan fingerprint density at radius 3 is 2.39 bits per heavy atom. The second kappa shape index (κ2) is 9.14. The van der Waals surface area contributed by atoms with Gasteiger partial charge in [-0.1, -0.05) is 24.3 Å². The van der Waals surface area contributed by atoms with Gasteiger partial charge in [-0.2, -0.15) is 4.31 Å². The van der Waals surface area contributed by atoms with E-state index in [1.54, 1.807) is 35.2 Å². The molecule has 188 valence electrons. The Labute approximate surface area is 207 Å². The van der Waals surface area contributed by atoms with Crippen molar-refractivity contribution in [2.24, 2.45) is 0 Å². The molecule has 2 aliphatic heterocycles. The van der Waals surface area contributed by atoms with Gasteiger partial charge >= 0.3 is 6.29 Å². The number of benzene rings is 2. The van der Waals surface area contributed by atoms with Crippen LogP contribution in [0.4, 0.5) is 14.6 Å². The van der Waals surface area contributed by atoms with Crippen molar-refractivity contribution in [1.82, 2.24) is 9.29 Å². The zero-order chi connectivity index (χ0) is 25.5. The van der Waals surface area contributed by atoms with E-state index >= 15 is 0 Å². The summed E-state index contributed by atoms with van der Waals surface area (Å²) in [6, 6.07) is 17.4. The number of aromatic nitrogens is 1. The number of sulfonamides is 1. The predicted octanol–water partition coefficient (Wildman–Crippen LogP) is 4.21. The number of amides is 1. The van der Waals surface area contributed by atoms with Crippen molar-refractivity contribution >= 4 is 21.7 Å². The summed E-state index contributed by atoms with van der Waals surface area (Å²) in [6.45, 7) is 2.12. The normalized spacial score (nSPS) is 17.6. The van der Waals surface area contributed by atoms with Crippen LogP contribution in [0.5, 0.6) is 11.5 Å². The summed E-state index contributed by atoms with van der Waals surface area (Å²) in [4.78, 5) is 19.5. The SMILES string of the molecule is Cc1cccc(N(C(=O)c2ccccc2)C2CCN(S(=O)(=O)c3ccc4c(c3)OC(F)(F)O4)CC2)n1. The quantitative estimate of drug-likeness (QED) is 0.506. The van der Waals surface area contributed by atoms with Gasteiger partial charge in [0, 0.05) is 36.5 Å². The Hall–Kier alpha value is -3.57. The molecule has 1 amide bonds. The average Bonchev–Trinajstić information content (AvgIpc) is 3.18. The number of alkyl halides is 2. The first-order valence-electron chi connectivity index (χ1n) is 11.4. The molecule has 2 aromatic carbocycles. The molecule has 0 spiro atoms. The molecule has 0 aliphatic carbocycles. The molecule has 0 saturated carbocycles. The van der Waals surface area contributed by atoms with E-state index in [1.165, 1.54) is 10.4 Å². The minimum Gasteiger partial charge on any atom is -0.395 e. The fourth-order valence-electron chi connectivity index (χ4n) is 4.42. The zero-order valence-electron chi connectivity index (χ0n) is 19.3. The van der Waals surface area contributed by atoms with E-state index in [0.29, 0.717) is 24.2 Å². The summed E-state index contributed by atoms with van der Waals surface area (Å²) in [6.07, 6.45) is -3.09. The summed E-state index contributed by atoms with van der Waals surface area (Å²) in [5.74, 6) is -0.270. The smallest absolute Gasteiger partial charge is 0.395 e. The van der Waals surface area contributed by atoms with Gasteiger partial charge in [0.2, 0.25) is 10.0 Å². The molecular weight excluding hydrogens is 492 g/mol. The highest BCUT2D eigenvalue weighted by atomic mass is 32.2. The van der Waals surface area contributed by atoms with Gasteiger partial charge < -0.3 is 9.47 Å². The van der Waals surface area contributed by atoms with E-state index in [1.807, 2.05) is 25.1 Å². The van der Waals surface area contributed by atoms with Gasteiger partial charge in [-0.25, -0.2) is 13.4 Å². The maximum atomic E-state index is 13.5. The number of piperidine rings is 1. The Morgan fingerprint density at radius 2 is 1.69 bits per heavy atom. The van der Waals surface area contributed by atoms with Crippen LogP contribution in [-0.4, -0.2) is 49.0 Å². The first kappa shape index (κ1) is 24.1. The van der Waals surface area contributed by atoms with Crippen molar-refractivity contribution in [1.29, 1.82) is 0 Å². The third-order valence-electron chi connectivity index (χ3n) is 6.16. The lowest BCUT2D eigenvalue weighted by Gasteiger charge is -2.37. The zero-order valence-corrected chi connectivity index (χ0v) is 20.1. The maximum absolute atomic E-state index is 13.5. The van der Waals surface area contributed by atoms with E-state index in [9.17, 15) is 22.0 Å². The number of hydrogen-bond donors (Lipinski definition) is 0. The first-order chi connectivity index (χ1) is 17.1. The van der Waals surface area contributed by atoms with E-state index in [4.69, 9.17) is 0 Å². The second-order valence-corrected chi connectivity index (χ2v) is 10.5. The van der Waals surface area contributed by atoms with E-state index < -0.39 is 16.3 Å². The molecule has 11 heteroatoms. The highest BCUT2D eigenvalue weighted by molar-refractivity contribution is 7.89. The molecule has 3 heterocycles. The third kappa shape index (κ3) is 4.63. The van der Waals surface area contributed by atoms with Crippen LogP contribution < -0.4 is 14.4 Å². The number of rotatable bonds is 5. The summed E-state index contributed by atoms with van der Waals surface area (Å²) in [7, 11) is -3.98. The molecular formula is C25H23F2N3O5S. The number of ether oxygens (including phenoxy) is 2. The summed E-state index contributed by atoms with van der Waals surface area (Å²) < 4.78 is 63.2. The highest BCUT2D eigenvalue weighted by Crippen LogP contribution is 2.42. The third-order valence-corrected chi connectivity index (χ3v) is 8.05. The van der Waals surface area contributed by atoms with Crippen molar-refractivity contribution in [2.45, 2.75) is 37.0 Å². The predicted molar refractivity (Wildman–Crippen MR) is 127 cm³/mol. The number of carbonyl (C=O) groups is 1. The molecule has 1 aromatic heterocycles. The number of fused-ring (bicyclic) bond motifs is 1. The van der Waals surface area contributed by atoms with Crippen LogP contribution in [0.1, 0.15) is 28.9 Å². The molecule has 8 nitrogen and oxygen atoms in total. The van der Waals surface area contributed by atoms with Crippen molar-refractivity contribution in [3.63, 3.8) is 0 Å². The minimum atomic E-state index is -3.98. The Bertz CT molecular complexity index is 1390. The first-order valence-corrected chi connectivity index (χ1v) is 12.8. The minimum absolute atomic E-state index is 0.141. The molecule has 0 bridgehead atoms. The van der Waals surface area contributed by atoms with Gasteiger partial charge in [0.25, 0.3) is 5.91 Å². The van der Waals surface area contributed by atoms with Gasteiger partial charge in [0.15, 0.2) is 11.5 Å². The Morgan fingerprint density at radius 1 is 1.00 bits per heavy atom. The molecule has 3 aromatic rings.